The molecule has 0 saturated carbocycles. The molecule has 8 nitrogen and oxygen atoms in total. The first-order chi connectivity index (χ1) is 13.8. The second kappa shape index (κ2) is 15.7. The minimum atomic E-state index is -3.15. The molecule has 0 aliphatic carbocycles. The van der Waals surface area contributed by atoms with Crippen LogP contribution in [0, 0.1) is 6.92 Å². The van der Waals surface area contributed by atoms with Gasteiger partial charge in [-0.2, -0.15) is 0 Å². The van der Waals surface area contributed by atoms with E-state index in [9.17, 15) is 8.42 Å². The molecular formula is C20H37IN4O4S. The van der Waals surface area contributed by atoms with Crippen LogP contribution >= 0.6 is 24.0 Å². The predicted octanol–water partition coefficient (Wildman–Crippen LogP) is 2.36. The van der Waals surface area contributed by atoms with Gasteiger partial charge >= 0.3 is 0 Å². The predicted molar refractivity (Wildman–Crippen MR) is 133 cm³/mol. The van der Waals surface area contributed by atoms with Crippen LogP contribution in [-0.4, -0.2) is 71.9 Å². The number of hydrogen-bond acceptors (Lipinski definition) is 5. The molecule has 10 heteroatoms. The van der Waals surface area contributed by atoms with E-state index in [1.807, 2.05) is 26.0 Å². The van der Waals surface area contributed by atoms with Gasteiger partial charge in [0.2, 0.25) is 10.0 Å². The Labute approximate surface area is 198 Å². The number of nitrogens with one attached hydrogen (secondary N) is 2. The van der Waals surface area contributed by atoms with Gasteiger partial charge in [0.15, 0.2) is 5.96 Å². The summed E-state index contributed by atoms with van der Waals surface area (Å²) in [6, 6.07) is 6.14. The highest BCUT2D eigenvalue weighted by Crippen LogP contribution is 2.20. The second-order valence-electron chi connectivity index (χ2n) is 6.77. The summed E-state index contributed by atoms with van der Waals surface area (Å²) >= 11 is 0. The summed E-state index contributed by atoms with van der Waals surface area (Å²) < 4.78 is 35.7. The van der Waals surface area contributed by atoms with Crippen LogP contribution < -0.4 is 15.4 Å². The Balaban J connectivity index is 0.00000841. The molecule has 0 heterocycles. The number of ether oxygens (including phenoxy) is 2. The van der Waals surface area contributed by atoms with E-state index in [0.717, 1.165) is 23.3 Å². The first kappa shape index (κ1) is 28.9. The van der Waals surface area contributed by atoms with Gasteiger partial charge in [0.25, 0.3) is 0 Å². The number of benzene rings is 1. The minimum absolute atomic E-state index is 0. The zero-order valence-electron chi connectivity index (χ0n) is 18.7. The van der Waals surface area contributed by atoms with Gasteiger partial charge in [0.05, 0.1) is 12.9 Å². The Morgan fingerprint density at radius 3 is 2.53 bits per heavy atom. The van der Waals surface area contributed by atoms with Gasteiger partial charge in [-0.05, 0) is 25.0 Å². The standard InChI is InChI=1S/C20H36N4O4S.HI/c1-6-24(29(5,25)26)12-7-11-22-20(21-3)23-16-18-10-9-17(2)15-19(18)28-14-8-13-27-4;/h9-10,15H,6-8,11-14,16H2,1-5H3,(H2,21,22,23);1H. The molecule has 0 aliphatic rings. The van der Waals surface area contributed by atoms with Crippen LogP contribution in [0.15, 0.2) is 23.2 Å². The molecule has 1 aromatic carbocycles. The third-order valence-electron chi connectivity index (χ3n) is 4.34. The number of halogens is 1. The fourth-order valence-corrected chi connectivity index (χ4v) is 3.68. The molecule has 0 atom stereocenters. The lowest BCUT2D eigenvalue weighted by Gasteiger charge is -2.18. The maximum Gasteiger partial charge on any atom is 0.211 e. The molecule has 30 heavy (non-hydrogen) atoms. The maximum absolute atomic E-state index is 11.6. The van der Waals surface area contributed by atoms with Gasteiger partial charge in [0, 0.05) is 58.9 Å². The van der Waals surface area contributed by atoms with E-state index in [0.29, 0.717) is 51.8 Å². The topological polar surface area (TPSA) is 92.3 Å². The van der Waals surface area contributed by atoms with E-state index in [4.69, 9.17) is 9.47 Å². The van der Waals surface area contributed by atoms with Crippen LogP contribution in [0.4, 0.5) is 0 Å². The van der Waals surface area contributed by atoms with Gasteiger partial charge in [0.1, 0.15) is 5.75 Å². The number of sulfonamides is 1. The monoisotopic (exact) mass is 556 g/mol. The SMILES string of the molecule is CCN(CCCNC(=NC)NCc1ccc(C)cc1OCCCOC)S(C)(=O)=O.I. The van der Waals surface area contributed by atoms with Gasteiger partial charge in [-0.25, -0.2) is 12.7 Å². The normalized spacial score (nSPS) is 11.9. The molecule has 0 unspecified atom stereocenters. The molecule has 0 amide bonds. The molecule has 2 N–H and O–H groups in total. The summed E-state index contributed by atoms with van der Waals surface area (Å²) in [5.74, 6) is 1.52. The molecule has 174 valence electrons. The highest BCUT2D eigenvalue weighted by Gasteiger charge is 2.13. The third-order valence-corrected chi connectivity index (χ3v) is 5.72. The Bertz CT molecular complexity index is 744. The van der Waals surface area contributed by atoms with Crippen LogP contribution in [-0.2, 0) is 21.3 Å². The summed E-state index contributed by atoms with van der Waals surface area (Å²) in [5.41, 5.74) is 2.19. The van der Waals surface area contributed by atoms with Crippen LogP contribution in [0.2, 0.25) is 0 Å². The lowest BCUT2D eigenvalue weighted by molar-refractivity contribution is 0.171. The number of nitrogens with zero attached hydrogens (tertiary/aromatic N) is 2. The summed E-state index contributed by atoms with van der Waals surface area (Å²) in [7, 11) is 0.243. The number of aliphatic imine (C=N–C) groups is 1. The van der Waals surface area contributed by atoms with Crippen molar-refractivity contribution in [3.05, 3.63) is 29.3 Å². The Kier molecular flexibility index (Phi) is 15.1. The number of rotatable bonds is 13. The van der Waals surface area contributed by atoms with Gasteiger partial charge in [-0.15, -0.1) is 24.0 Å². The van der Waals surface area contributed by atoms with Gasteiger partial charge < -0.3 is 20.1 Å². The van der Waals surface area contributed by atoms with Crippen molar-refractivity contribution >= 4 is 40.0 Å². The molecule has 0 aliphatic heterocycles. The maximum atomic E-state index is 11.6. The fourth-order valence-electron chi connectivity index (χ4n) is 2.75. The van der Waals surface area contributed by atoms with Crippen LogP contribution in [0.25, 0.3) is 0 Å². The first-order valence-corrected chi connectivity index (χ1v) is 11.8. The Hall–Kier alpha value is -1.11. The van der Waals surface area contributed by atoms with Gasteiger partial charge in [-0.3, -0.25) is 4.99 Å². The molecule has 1 aromatic rings. The molecular weight excluding hydrogens is 519 g/mol. The minimum Gasteiger partial charge on any atom is -0.493 e. The summed E-state index contributed by atoms with van der Waals surface area (Å²) in [6.45, 7) is 7.31. The van der Waals surface area contributed by atoms with E-state index in [1.54, 1.807) is 14.2 Å². The smallest absolute Gasteiger partial charge is 0.211 e. The van der Waals surface area contributed by atoms with Crippen molar-refractivity contribution < 1.29 is 17.9 Å². The fraction of sp³-hybridized carbons (Fsp3) is 0.650. The van der Waals surface area contributed by atoms with Gasteiger partial charge in [-0.1, -0.05) is 19.1 Å². The second-order valence-corrected chi connectivity index (χ2v) is 8.75. The molecule has 0 spiro atoms. The van der Waals surface area contributed by atoms with Crippen LogP contribution in [0.3, 0.4) is 0 Å². The summed E-state index contributed by atoms with van der Waals surface area (Å²) in [6.07, 6.45) is 2.77. The van der Waals surface area contributed by atoms with Crippen molar-refractivity contribution in [2.24, 2.45) is 4.99 Å². The third kappa shape index (κ3) is 11.3. The average Bonchev–Trinajstić information content (AvgIpc) is 2.67. The van der Waals surface area contributed by atoms with Crippen LogP contribution in [0.1, 0.15) is 30.9 Å². The van der Waals surface area contributed by atoms with Crippen molar-refractivity contribution in [1.29, 1.82) is 0 Å². The molecule has 0 aromatic heterocycles. The molecule has 0 fully saturated rings. The first-order valence-electron chi connectivity index (χ1n) is 9.92. The lowest BCUT2D eigenvalue weighted by atomic mass is 10.1. The largest absolute Gasteiger partial charge is 0.493 e. The van der Waals surface area contributed by atoms with E-state index in [-0.39, 0.29) is 24.0 Å². The molecule has 0 saturated heterocycles. The highest BCUT2D eigenvalue weighted by molar-refractivity contribution is 14.0. The van der Waals surface area contributed by atoms with Crippen molar-refractivity contribution in [2.45, 2.75) is 33.2 Å². The Morgan fingerprint density at radius 2 is 1.93 bits per heavy atom. The zero-order chi connectivity index (χ0) is 21.7. The van der Waals surface area contributed by atoms with E-state index >= 15 is 0 Å². The van der Waals surface area contributed by atoms with Crippen molar-refractivity contribution in [3.8, 4) is 5.75 Å². The molecule has 1 rings (SSSR count). The quantitative estimate of drug-likeness (QED) is 0.168. The number of methoxy groups -OCH3 is 1. The van der Waals surface area contributed by atoms with E-state index in [1.165, 1.54) is 10.6 Å². The van der Waals surface area contributed by atoms with Crippen molar-refractivity contribution in [1.82, 2.24) is 14.9 Å². The van der Waals surface area contributed by atoms with Crippen LogP contribution in [0.5, 0.6) is 5.75 Å². The van der Waals surface area contributed by atoms with Crippen molar-refractivity contribution in [3.63, 3.8) is 0 Å². The average molecular weight is 557 g/mol. The molecule has 0 bridgehead atoms. The highest BCUT2D eigenvalue weighted by atomic mass is 127. The zero-order valence-corrected chi connectivity index (χ0v) is 21.9. The lowest BCUT2D eigenvalue weighted by Crippen LogP contribution is -2.39. The number of hydrogen-bond donors (Lipinski definition) is 2. The van der Waals surface area contributed by atoms with E-state index in [2.05, 4.69) is 21.7 Å². The summed E-state index contributed by atoms with van der Waals surface area (Å²) in [4.78, 5) is 4.23. The van der Waals surface area contributed by atoms with Crippen molar-refractivity contribution in [2.75, 3.05) is 53.3 Å². The number of aryl methyl sites for hydroxylation is 1. The van der Waals surface area contributed by atoms with E-state index < -0.39 is 10.0 Å². The Morgan fingerprint density at radius 1 is 1.20 bits per heavy atom. The molecule has 0 radical (unpaired) electrons. The summed E-state index contributed by atoms with van der Waals surface area (Å²) in [5, 5.41) is 6.50. The number of guanidine groups is 1.